The van der Waals surface area contributed by atoms with E-state index in [4.69, 9.17) is 4.74 Å². The van der Waals surface area contributed by atoms with E-state index >= 15 is 0 Å². The maximum Gasteiger partial charge on any atom is 0.341 e. The topological polar surface area (TPSA) is 131 Å². The number of nitro benzene ring substituents is 1. The molecule has 10 heteroatoms. The number of hydrogen-bond donors (Lipinski definition) is 2. The standard InChI is InChI=1S/C20H22N4O6/c1-12-5-7-16(13(2)9-12)21-20(27)22-18(25)11-30-19(26)15-10-14(24(28)29)6-8-17(15)23(3)4/h5-10H,11H2,1-4H3,(H2,21,22,25,27). The molecule has 2 N–H and O–H groups in total. The van der Waals surface area contributed by atoms with Crippen LogP contribution in [0.1, 0.15) is 21.5 Å². The molecule has 0 aliphatic rings. The largest absolute Gasteiger partial charge is 0.452 e. The minimum absolute atomic E-state index is 0.0678. The first-order chi connectivity index (χ1) is 14.1. The van der Waals surface area contributed by atoms with Gasteiger partial charge in [-0.1, -0.05) is 17.7 Å². The molecule has 0 heterocycles. The Kier molecular flexibility index (Phi) is 7.08. The second-order valence-corrected chi connectivity index (χ2v) is 6.75. The molecular formula is C20H22N4O6. The monoisotopic (exact) mass is 414 g/mol. The fourth-order valence-corrected chi connectivity index (χ4v) is 2.67. The van der Waals surface area contributed by atoms with Crippen LogP contribution in [0.25, 0.3) is 0 Å². The van der Waals surface area contributed by atoms with Crippen LogP contribution in [0.15, 0.2) is 36.4 Å². The van der Waals surface area contributed by atoms with Crippen molar-refractivity contribution >= 4 is 35.0 Å². The van der Waals surface area contributed by atoms with Gasteiger partial charge in [-0.05, 0) is 31.5 Å². The summed E-state index contributed by atoms with van der Waals surface area (Å²) in [4.78, 5) is 48.2. The van der Waals surface area contributed by atoms with E-state index in [2.05, 4.69) is 10.6 Å². The number of benzene rings is 2. The normalized spacial score (nSPS) is 10.1. The first-order valence-corrected chi connectivity index (χ1v) is 8.89. The lowest BCUT2D eigenvalue weighted by Gasteiger charge is -2.16. The number of ether oxygens (including phenoxy) is 1. The van der Waals surface area contributed by atoms with Crippen molar-refractivity contribution in [1.82, 2.24) is 5.32 Å². The van der Waals surface area contributed by atoms with E-state index in [9.17, 15) is 24.5 Å². The number of imide groups is 1. The van der Waals surface area contributed by atoms with Gasteiger partial charge in [0.25, 0.3) is 11.6 Å². The van der Waals surface area contributed by atoms with Crippen LogP contribution in [0.3, 0.4) is 0 Å². The number of nitrogens with zero attached hydrogens (tertiary/aromatic N) is 2. The number of esters is 1. The highest BCUT2D eigenvalue weighted by Crippen LogP contribution is 2.25. The lowest BCUT2D eigenvalue weighted by Crippen LogP contribution is -2.37. The number of aryl methyl sites for hydroxylation is 2. The van der Waals surface area contributed by atoms with Gasteiger partial charge >= 0.3 is 12.0 Å². The van der Waals surface area contributed by atoms with Crippen LogP contribution in [0.4, 0.5) is 21.9 Å². The molecule has 158 valence electrons. The van der Waals surface area contributed by atoms with Crippen LogP contribution in [0.5, 0.6) is 0 Å². The Morgan fingerprint density at radius 3 is 2.40 bits per heavy atom. The summed E-state index contributed by atoms with van der Waals surface area (Å²) in [6, 6.07) is 8.37. The molecule has 0 atom stereocenters. The lowest BCUT2D eigenvalue weighted by atomic mass is 10.1. The predicted molar refractivity (Wildman–Crippen MR) is 111 cm³/mol. The molecule has 0 fully saturated rings. The second kappa shape index (κ2) is 9.50. The molecule has 2 aromatic carbocycles. The van der Waals surface area contributed by atoms with E-state index in [1.807, 2.05) is 26.0 Å². The summed E-state index contributed by atoms with van der Waals surface area (Å²) in [5.74, 6) is -1.77. The number of nitro groups is 1. The molecule has 0 bridgehead atoms. The number of carbonyl (C=O) groups is 3. The van der Waals surface area contributed by atoms with Crippen LogP contribution >= 0.6 is 0 Å². The van der Waals surface area contributed by atoms with Gasteiger partial charge in [0.2, 0.25) is 0 Å². The third-order valence-electron chi connectivity index (χ3n) is 4.11. The molecule has 0 saturated heterocycles. The minimum atomic E-state index is -0.924. The van der Waals surface area contributed by atoms with E-state index in [0.29, 0.717) is 11.4 Å². The van der Waals surface area contributed by atoms with Crippen molar-refractivity contribution in [3.05, 3.63) is 63.2 Å². The second-order valence-electron chi connectivity index (χ2n) is 6.75. The third kappa shape index (κ3) is 5.77. The van der Waals surface area contributed by atoms with Gasteiger partial charge < -0.3 is 15.0 Å². The van der Waals surface area contributed by atoms with E-state index in [0.717, 1.165) is 17.2 Å². The SMILES string of the molecule is Cc1ccc(NC(=O)NC(=O)COC(=O)c2cc([N+](=O)[O-])ccc2N(C)C)c(C)c1. The summed E-state index contributed by atoms with van der Waals surface area (Å²) in [6.45, 7) is 3.00. The maximum atomic E-state index is 12.4. The highest BCUT2D eigenvalue weighted by molar-refractivity contribution is 6.03. The molecule has 0 radical (unpaired) electrons. The van der Waals surface area contributed by atoms with Crippen LogP contribution in [0.2, 0.25) is 0 Å². The van der Waals surface area contributed by atoms with Crippen molar-refractivity contribution in [2.24, 2.45) is 0 Å². The third-order valence-corrected chi connectivity index (χ3v) is 4.11. The number of carbonyl (C=O) groups excluding carboxylic acids is 3. The Morgan fingerprint density at radius 1 is 1.10 bits per heavy atom. The first-order valence-electron chi connectivity index (χ1n) is 8.89. The number of urea groups is 1. The average Bonchev–Trinajstić information content (AvgIpc) is 2.67. The van der Waals surface area contributed by atoms with Crippen molar-refractivity contribution in [2.75, 3.05) is 30.9 Å². The van der Waals surface area contributed by atoms with E-state index in [1.165, 1.54) is 12.1 Å². The number of anilines is 2. The molecule has 10 nitrogen and oxygen atoms in total. The zero-order valence-corrected chi connectivity index (χ0v) is 17.0. The van der Waals surface area contributed by atoms with Gasteiger partial charge in [-0.3, -0.25) is 20.2 Å². The van der Waals surface area contributed by atoms with E-state index < -0.39 is 29.4 Å². The van der Waals surface area contributed by atoms with Crippen molar-refractivity contribution in [2.45, 2.75) is 13.8 Å². The van der Waals surface area contributed by atoms with Crippen LogP contribution < -0.4 is 15.5 Å². The summed E-state index contributed by atoms with van der Waals surface area (Å²) < 4.78 is 4.93. The summed E-state index contributed by atoms with van der Waals surface area (Å²) >= 11 is 0. The van der Waals surface area contributed by atoms with Crippen molar-refractivity contribution in [3.63, 3.8) is 0 Å². The molecule has 2 aromatic rings. The molecule has 2 rings (SSSR count). The molecule has 0 aromatic heterocycles. The molecule has 3 amide bonds. The molecule has 0 aliphatic heterocycles. The quantitative estimate of drug-likeness (QED) is 0.422. The smallest absolute Gasteiger partial charge is 0.341 e. The van der Waals surface area contributed by atoms with E-state index in [1.54, 1.807) is 25.1 Å². The fourth-order valence-electron chi connectivity index (χ4n) is 2.67. The Hall–Kier alpha value is -3.95. The van der Waals surface area contributed by atoms with Crippen LogP contribution in [-0.4, -0.2) is 43.5 Å². The van der Waals surface area contributed by atoms with Gasteiger partial charge in [-0.15, -0.1) is 0 Å². The molecule has 0 aliphatic carbocycles. The van der Waals surface area contributed by atoms with E-state index in [-0.39, 0.29) is 11.3 Å². The van der Waals surface area contributed by atoms with Gasteiger partial charge in [0.1, 0.15) is 0 Å². The van der Waals surface area contributed by atoms with Crippen molar-refractivity contribution in [1.29, 1.82) is 0 Å². The Bertz CT molecular complexity index is 1000. The average molecular weight is 414 g/mol. The molecule has 0 unspecified atom stereocenters. The Morgan fingerprint density at radius 2 is 1.80 bits per heavy atom. The summed E-state index contributed by atoms with van der Waals surface area (Å²) in [7, 11) is 3.31. The van der Waals surface area contributed by atoms with Gasteiger partial charge in [0, 0.05) is 31.9 Å². The van der Waals surface area contributed by atoms with Gasteiger partial charge in [0.05, 0.1) is 16.2 Å². The number of hydrogen-bond acceptors (Lipinski definition) is 7. The highest BCUT2D eigenvalue weighted by atomic mass is 16.6. The van der Waals surface area contributed by atoms with Crippen LogP contribution in [0, 0.1) is 24.0 Å². The van der Waals surface area contributed by atoms with Gasteiger partial charge in [0.15, 0.2) is 6.61 Å². The summed E-state index contributed by atoms with van der Waals surface area (Å²) in [5, 5.41) is 15.6. The Labute approximate surface area is 173 Å². The predicted octanol–water partition coefficient (Wildman–Crippen LogP) is 2.78. The van der Waals surface area contributed by atoms with Gasteiger partial charge in [-0.25, -0.2) is 9.59 Å². The highest BCUT2D eigenvalue weighted by Gasteiger charge is 2.20. The molecule has 0 spiro atoms. The minimum Gasteiger partial charge on any atom is -0.452 e. The summed E-state index contributed by atoms with van der Waals surface area (Å²) in [6.07, 6.45) is 0. The zero-order chi connectivity index (χ0) is 22.4. The number of rotatable bonds is 6. The molecule has 0 saturated carbocycles. The van der Waals surface area contributed by atoms with Crippen molar-refractivity contribution in [3.8, 4) is 0 Å². The molecule has 30 heavy (non-hydrogen) atoms. The van der Waals surface area contributed by atoms with Gasteiger partial charge in [-0.2, -0.15) is 0 Å². The summed E-state index contributed by atoms with van der Waals surface area (Å²) in [5.41, 5.74) is 2.42. The maximum absolute atomic E-state index is 12.4. The lowest BCUT2D eigenvalue weighted by molar-refractivity contribution is -0.384. The zero-order valence-electron chi connectivity index (χ0n) is 17.0. The van der Waals surface area contributed by atoms with Crippen LogP contribution in [-0.2, 0) is 9.53 Å². The molecular weight excluding hydrogens is 392 g/mol. The number of amides is 3. The Balaban J connectivity index is 1.98. The number of nitrogens with one attached hydrogen (secondary N) is 2. The first kappa shape index (κ1) is 22.3. The fraction of sp³-hybridized carbons (Fsp3) is 0.250. The van der Waals surface area contributed by atoms with Crippen molar-refractivity contribution < 1.29 is 24.0 Å². The number of non-ortho nitro benzene ring substituents is 1.